The van der Waals surface area contributed by atoms with E-state index >= 15 is 0 Å². The Morgan fingerprint density at radius 2 is 1.90 bits per heavy atom. The van der Waals surface area contributed by atoms with E-state index in [1.54, 1.807) is 0 Å². The molecule has 1 saturated heterocycles. The molecule has 5 unspecified atom stereocenters. The highest BCUT2D eigenvalue weighted by Crippen LogP contribution is 2.64. The Morgan fingerprint density at radius 3 is 2.48 bits per heavy atom. The van der Waals surface area contributed by atoms with Gasteiger partial charge >= 0.3 is 0 Å². The molecule has 0 radical (unpaired) electrons. The first-order valence-corrected chi connectivity index (χ1v) is 9.45. The fourth-order valence-electron chi connectivity index (χ4n) is 6.46. The van der Waals surface area contributed by atoms with Crippen LogP contribution in [0.1, 0.15) is 66.2 Å². The highest BCUT2D eigenvalue weighted by Gasteiger charge is 2.62. The van der Waals surface area contributed by atoms with E-state index in [0.29, 0.717) is 10.8 Å². The molecule has 2 bridgehead atoms. The maximum atomic E-state index is 3.88. The van der Waals surface area contributed by atoms with Crippen molar-refractivity contribution in [2.45, 2.75) is 84.3 Å². The van der Waals surface area contributed by atoms with Gasteiger partial charge in [-0.3, -0.25) is 4.90 Å². The van der Waals surface area contributed by atoms with E-state index in [-0.39, 0.29) is 0 Å². The molecule has 3 saturated carbocycles. The van der Waals surface area contributed by atoms with Gasteiger partial charge in [0.1, 0.15) is 0 Å². The van der Waals surface area contributed by atoms with Crippen molar-refractivity contribution in [3.8, 4) is 0 Å². The van der Waals surface area contributed by atoms with Crippen molar-refractivity contribution in [1.29, 1.82) is 0 Å². The second kappa shape index (κ2) is 4.71. The molecule has 0 aromatic carbocycles. The summed E-state index contributed by atoms with van der Waals surface area (Å²) in [5.74, 6) is 1.96. The van der Waals surface area contributed by atoms with Gasteiger partial charge in [-0.25, -0.2) is 0 Å². The zero-order valence-electron chi connectivity index (χ0n) is 14.5. The Labute approximate surface area is 131 Å². The Bertz CT molecular complexity index is 409. The van der Waals surface area contributed by atoms with Gasteiger partial charge in [-0.15, -0.1) is 0 Å². The Kier molecular flexibility index (Phi) is 3.25. The molecule has 0 aromatic rings. The fourth-order valence-corrected chi connectivity index (χ4v) is 6.46. The van der Waals surface area contributed by atoms with Crippen molar-refractivity contribution in [2.75, 3.05) is 13.1 Å². The average Bonchev–Trinajstić information content (AvgIpc) is 3.17. The monoisotopic (exact) mass is 290 g/mol. The summed E-state index contributed by atoms with van der Waals surface area (Å²) in [6.45, 7) is 12.7. The van der Waals surface area contributed by atoms with E-state index in [1.165, 1.54) is 51.6 Å². The summed E-state index contributed by atoms with van der Waals surface area (Å²) < 4.78 is 0. The molecule has 0 amide bonds. The SMILES string of the molecule is CCC1CNC(C2CC2)CN1C1C2(C)CCC(C2)C1(C)C. The summed E-state index contributed by atoms with van der Waals surface area (Å²) in [6, 6.07) is 2.36. The van der Waals surface area contributed by atoms with Gasteiger partial charge in [-0.2, -0.15) is 0 Å². The second-order valence-electron chi connectivity index (χ2n) is 9.43. The number of hydrogen-bond acceptors (Lipinski definition) is 2. The minimum Gasteiger partial charge on any atom is -0.311 e. The Balaban J connectivity index is 1.62. The standard InChI is InChI=1S/C19H34N2/c1-5-15-11-20-16(13-6-7-13)12-21(15)17-18(2,3)14-8-9-19(17,4)10-14/h13-17,20H,5-12H2,1-4H3. The van der Waals surface area contributed by atoms with Crippen LogP contribution in [0.2, 0.25) is 0 Å². The van der Waals surface area contributed by atoms with E-state index < -0.39 is 0 Å². The Hall–Kier alpha value is -0.0800. The van der Waals surface area contributed by atoms with Gasteiger partial charge in [-0.05, 0) is 61.2 Å². The smallest absolute Gasteiger partial charge is 0.0224 e. The minimum absolute atomic E-state index is 0.520. The first-order valence-electron chi connectivity index (χ1n) is 9.45. The van der Waals surface area contributed by atoms with Crippen LogP contribution in [0.3, 0.4) is 0 Å². The molecular formula is C19H34N2. The lowest BCUT2D eigenvalue weighted by Gasteiger charge is -2.54. The predicted molar refractivity (Wildman–Crippen MR) is 88.3 cm³/mol. The van der Waals surface area contributed by atoms with E-state index in [1.807, 2.05) is 0 Å². The molecule has 5 atom stereocenters. The maximum absolute atomic E-state index is 3.88. The van der Waals surface area contributed by atoms with Crippen LogP contribution in [-0.2, 0) is 0 Å². The topological polar surface area (TPSA) is 15.3 Å². The largest absolute Gasteiger partial charge is 0.311 e. The zero-order chi connectivity index (χ0) is 14.8. The van der Waals surface area contributed by atoms with Crippen molar-refractivity contribution in [3.05, 3.63) is 0 Å². The summed E-state index contributed by atoms with van der Waals surface area (Å²) in [5.41, 5.74) is 1.11. The van der Waals surface area contributed by atoms with E-state index in [2.05, 4.69) is 37.9 Å². The van der Waals surface area contributed by atoms with Gasteiger partial charge in [0, 0.05) is 31.2 Å². The van der Waals surface area contributed by atoms with Crippen LogP contribution in [0.5, 0.6) is 0 Å². The number of nitrogens with one attached hydrogen (secondary N) is 1. The van der Waals surface area contributed by atoms with Crippen LogP contribution < -0.4 is 5.32 Å². The lowest BCUT2D eigenvalue weighted by atomic mass is 9.67. The van der Waals surface area contributed by atoms with Crippen LogP contribution in [0.4, 0.5) is 0 Å². The Morgan fingerprint density at radius 1 is 1.14 bits per heavy atom. The number of nitrogens with zero attached hydrogens (tertiary/aromatic N) is 1. The molecule has 1 aliphatic heterocycles. The van der Waals surface area contributed by atoms with Crippen LogP contribution in [-0.4, -0.2) is 36.1 Å². The first kappa shape index (κ1) is 14.5. The molecule has 1 N–H and O–H groups in total. The summed E-state index contributed by atoms with van der Waals surface area (Å²) in [5, 5.41) is 3.88. The minimum atomic E-state index is 0.520. The van der Waals surface area contributed by atoms with Crippen LogP contribution in [0.15, 0.2) is 0 Å². The van der Waals surface area contributed by atoms with E-state index in [4.69, 9.17) is 0 Å². The molecule has 4 rings (SSSR count). The molecule has 1 heterocycles. The molecule has 4 aliphatic rings. The highest BCUT2D eigenvalue weighted by atomic mass is 15.3. The zero-order valence-corrected chi connectivity index (χ0v) is 14.5. The predicted octanol–water partition coefficient (Wildman–Crippen LogP) is 3.66. The summed E-state index contributed by atoms with van der Waals surface area (Å²) in [6.07, 6.45) is 8.68. The third-order valence-corrected chi connectivity index (χ3v) is 7.68. The lowest BCUT2D eigenvalue weighted by molar-refractivity contribution is -0.0430. The molecule has 2 nitrogen and oxygen atoms in total. The van der Waals surface area contributed by atoms with Gasteiger partial charge in [-0.1, -0.05) is 27.7 Å². The number of fused-ring (bicyclic) bond motifs is 2. The molecule has 120 valence electrons. The number of rotatable bonds is 3. The lowest BCUT2D eigenvalue weighted by Crippen LogP contribution is -2.65. The fraction of sp³-hybridized carbons (Fsp3) is 1.00. The third-order valence-electron chi connectivity index (χ3n) is 7.68. The third kappa shape index (κ3) is 2.12. The van der Waals surface area contributed by atoms with Crippen molar-refractivity contribution in [2.24, 2.45) is 22.7 Å². The molecule has 21 heavy (non-hydrogen) atoms. The average molecular weight is 290 g/mol. The van der Waals surface area contributed by atoms with Gasteiger partial charge in [0.25, 0.3) is 0 Å². The highest BCUT2D eigenvalue weighted by molar-refractivity contribution is 5.14. The van der Waals surface area contributed by atoms with Gasteiger partial charge in [0.05, 0.1) is 0 Å². The van der Waals surface area contributed by atoms with Gasteiger partial charge < -0.3 is 5.32 Å². The van der Waals surface area contributed by atoms with Crippen LogP contribution in [0.25, 0.3) is 0 Å². The van der Waals surface area contributed by atoms with Gasteiger partial charge in [0.15, 0.2) is 0 Å². The first-order chi connectivity index (χ1) is 9.95. The second-order valence-corrected chi connectivity index (χ2v) is 9.43. The summed E-state index contributed by atoms with van der Waals surface area (Å²) in [4.78, 5) is 2.98. The quantitative estimate of drug-likeness (QED) is 0.853. The van der Waals surface area contributed by atoms with Crippen molar-refractivity contribution in [1.82, 2.24) is 10.2 Å². The molecule has 0 spiro atoms. The van der Waals surface area contributed by atoms with Crippen molar-refractivity contribution >= 4 is 0 Å². The molecule has 3 aliphatic carbocycles. The summed E-state index contributed by atoms with van der Waals surface area (Å²) in [7, 11) is 0. The molecular weight excluding hydrogens is 256 g/mol. The normalized spacial score (nSPS) is 49.7. The maximum Gasteiger partial charge on any atom is 0.0224 e. The van der Waals surface area contributed by atoms with Crippen molar-refractivity contribution in [3.63, 3.8) is 0 Å². The van der Waals surface area contributed by atoms with Crippen molar-refractivity contribution < 1.29 is 0 Å². The van der Waals surface area contributed by atoms with Crippen LogP contribution >= 0.6 is 0 Å². The van der Waals surface area contributed by atoms with E-state index in [9.17, 15) is 0 Å². The number of hydrogen-bond donors (Lipinski definition) is 1. The molecule has 0 aromatic heterocycles. The van der Waals surface area contributed by atoms with Crippen LogP contribution in [0, 0.1) is 22.7 Å². The molecule has 2 heteroatoms. The van der Waals surface area contributed by atoms with E-state index in [0.717, 1.165) is 30.0 Å². The molecule has 4 fully saturated rings. The van der Waals surface area contributed by atoms with Gasteiger partial charge in [0.2, 0.25) is 0 Å². The summed E-state index contributed by atoms with van der Waals surface area (Å²) >= 11 is 0. The number of piperazine rings is 1.